The summed E-state index contributed by atoms with van der Waals surface area (Å²) in [5.74, 6) is -1.41. The molecule has 0 aromatic carbocycles. The van der Waals surface area contributed by atoms with Crippen molar-refractivity contribution in [3.63, 3.8) is 0 Å². The van der Waals surface area contributed by atoms with Crippen molar-refractivity contribution in [1.29, 1.82) is 0 Å². The molecule has 0 aliphatic heterocycles. The zero-order chi connectivity index (χ0) is 51.3. The number of phosphoric ester groups is 2. The Labute approximate surface area is 409 Å². The van der Waals surface area contributed by atoms with Crippen LogP contribution in [-0.4, -0.2) is 125 Å². The molecular formula is C49H82O18P2. The monoisotopic (exact) mass is 1020 g/mol. The third-order valence-electron chi connectivity index (χ3n) is 10.6. The van der Waals surface area contributed by atoms with Crippen molar-refractivity contribution in [2.24, 2.45) is 0 Å². The molecule has 1 aliphatic carbocycles. The number of carbonyl (C=O) groups is 2. The predicted molar refractivity (Wildman–Crippen MR) is 262 cm³/mol. The van der Waals surface area contributed by atoms with Crippen LogP contribution in [0.1, 0.15) is 142 Å². The molecule has 0 spiro atoms. The van der Waals surface area contributed by atoms with Crippen LogP contribution in [0, 0.1) is 0 Å². The summed E-state index contributed by atoms with van der Waals surface area (Å²) in [5.41, 5.74) is 0. The van der Waals surface area contributed by atoms with Crippen LogP contribution in [0.3, 0.4) is 0 Å². The summed E-state index contributed by atoms with van der Waals surface area (Å²) in [4.78, 5) is 54.3. The summed E-state index contributed by atoms with van der Waals surface area (Å²) < 4.78 is 49.2. The Hall–Kier alpha value is -2.90. The van der Waals surface area contributed by atoms with Gasteiger partial charge in [-0.1, -0.05) is 150 Å². The standard InChI is InChI=1S/C49H82O18P2/c1-3-5-7-8-9-10-11-12-13-14-15-16-20-23-29-35-42(52)63-37-41(38-64-69(61,62)67-49-46(56)44(54)45(55)48(47(49)57)66-68(58,59)60)65-43(53)36-30-24-28-34-40(51)33-27-22-19-17-18-21-26-32-39(50)31-25-6-4-2/h6,12-13,18-19,21-22,25-28,32-34,39-41,44-51,54-57H,3-5,7-11,14-17,20,23-24,29-31,35-38H2,1-2H3,(H,61,62)(H2,58,59,60)/b13-12-,21-18-,22-19-,25-6-,32-26+,33-27+,34-28-/t39-,40-,41+,44?,45?,46?,47?,48+,49-/m0/s1. The van der Waals surface area contributed by atoms with Crippen LogP contribution in [0.5, 0.6) is 0 Å². The fourth-order valence-electron chi connectivity index (χ4n) is 6.82. The lowest BCUT2D eigenvalue weighted by Gasteiger charge is -2.43. The fourth-order valence-corrected chi connectivity index (χ4v) is 8.36. The van der Waals surface area contributed by atoms with Crippen LogP contribution >= 0.6 is 15.6 Å². The maximum absolute atomic E-state index is 13.0. The topological polar surface area (TPSA) is 296 Å². The third kappa shape index (κ3) is 33.4. The highest BCUT2D eigenvalue weighted by Crippen LogP contribution is 2.49. The van der Waals surface area contributed by atoms with Crippen molar-refractivity contribution in [3.8, 4) is 0 Å². The zero-order valence-electron chi connectivity index (χ0n) is 40.4. The summed E-state index contributed by atoms with van der Waals surface area (Å²) in [6, 6.07) is 0. The van der Waals surface area contributed by atoms with Crippen LogP contribution in [0.15, 0.2) is 85.1 Å². The first kappa shape index (κ1) is 64.1. The molecule has 0 amide bonds. The Balaban J connectivity index is 2.70. The van der Waals surface area contributed by atoms with E-state index >= 15 is 0 Å². The van der Waals surface area contributed by atoms with Gasteiger partial charge in [0.15, 0.2) is 6.10 Å². The molecule has 1 saturated carbocycles. The van der Waals surface area contributed by atoms with E-state index in [2.05, 4.69) is 23.6 Å². The Morgan fingerprint density at radius 2 is 1.13 bits per heavy atom. The molecule has 18 nitrogen and oxygen atoms in total. The summed E-state index contributed by atoms with van der Waals surface area (Å²) in [5, 5.41) is 61.3. The van der Waals surface area contributed by atoms with Crippen molar-refractivity contribution in [2.45, 2.75) is 197 Å². The molecule has 0 aromatic rings. The normalized spacial score (nSPS) is 22.8. The van der Waals surface area contributed by atoms with E-state index in [1.54, 1.807) is 36.5 Å². The van der Waals surface area contributed by atoms with Crippen molar-refractivity contribution in [3.05, 3.63) is 85.1 Å². The lowest BCUT2D eigenvalue weighted by Crippen LogP contribution is -2.64. The van der Waals surface area contributed by atoms with E-state index in [1.165, 1.54) is 44.6 Å². The van der Waals surface area contributed by atoms with Gasteiger partial charge in [-0.15, -0.1) is 0 Å². The van der Waals surface area contributed by atoms with E-state index < -0.39 is 95.7 Å². The van der Waals surface area contributed by atoms with Gasteiger partial charge in [-0.2, -0.15) is 0 Å². The van der Waals surface area contributed by atoms with Gasteiger partial charge < -0.3 is 54.8 Å². The highest BCUT2D eigenvalue weighted by Gasteiger charge is 2.54. The average Bonchev–Trinajstić information content (AvgIpc) is 3.29. The molecule has 396 valence electrons. The van der Waals surface area contributed by atoms with Gasteiger partial charge in [0, 0.05) is 12.8 Å². The van der Waals surface area contributed by atoms with Crippen molar-refractivity contribution < 1.29 is 87.1 Å². The molecule has 0 radical (unpaired) electrons. The molecule has 9 N–H and O–H groups in total. The van der Waals surface area contributed by atoms with Gasteiger partial charge in [-0.3, -0.25) is 23.2 Å². The number of aliphatic hydroxyl groups excluding tert-OH is 6. The molecule has 1 aliphatic rings. The number of aliphatic hydroxyl groups is 6. The Morgan fingerprint density at radius 1 is 0.565 bits per heavy atom. The van der Waals surface area contributed by atoms with E-state index in [4.69, 9.17) is 18.5 Å². The number of rotatable bonds is 39. The number of ether oxygens (including phenoxy) is 2. The Bertz CT molecular complexity index is 1690. The smallest absolute Gasteiger partial charge is 0.462 e. The van der Waals surface area contributed by atoms with E-state index in [-0.39, 0.29) is 19.3 Å². The SMILES string of the molecule is CC/C=C\C[C@H](O)/C=C/C=C\C/C=C\C=C\[C@H](O)/C=C\CCCC(=O)O[C@H](COC(=O)CCCCCCC/C=C\CCCCCCCC)COP(=O)(O)O[C@H]1C(O)C(O)C(O)[C@@H](OP(=O)(O)O)C1O. The van der Waals surface area contributed by atoms with Crippen LogP contribution in [0.4, 0.5) is 0 Å². The lowest BCUT2D eigenvalue weighted by atomic mass is 9.85. The molecule has 20 heteroatoms. The van der Waals surface area contributed by atoms with E-state index in [9.17, 15) is 64.0 Å². The highest BCUT2D eigenvalue weighted by molar-refractivity contribution is 7.47. The quantitative estimate of drug-likeness (QED) is 0.00957. The van der Waals surface area contributed by atoms with Crippen molar-refractivity contribution in [1.82, 2.24) is 0 Å². The molecule has 0 saturated heterocycles. The van der Waals surface area contributed by atoms with Gasteiger partial charge in [-0.25, -0.2) is 9.13 Å². The molecule has 1 rings (SSSR count). The molecule has 0 aromatic heterocycles. The minimum Gasteiger partial charge on any atom is -0.462 e. The molecule has 0 heterocycles. The third-order valence-corrected chi connectivity index (χ3v) is 12.1. The highest BCUT2D eigenvalue weighted by atomic mass is 31.2. The van der Waals surface area contributed by atoms with Crippen molar-refractivity contribution in [2.75, 3.05) is 13.2 Å². The van der Waals surface area contributed by atoms with Gasteiger partial charge in [0.05, 0.1) is 18.8 Å². The second-order valence-corrected chi connectivity index (χ2v) is 19.4. The zero-order valence-corrected chi connectivity index (χ0v) is 42.2. The first-order valence-electron chi connectivity index (χ1n) is 24.4. The Kier molecular flexibility index (Phi) is 36.0. The molecule has 1 fully saturated rings. The van der Waals surface area contributed by atoms with Gasteiger partial charge in [0.25, 0.3) is 0 Å². The van der Waals surface area contributed by atoms with Crippen LogP contribution < -0.4 is 0 Å². The van der Waals surface area contributed by atoms with Gasteiger partial charge >= 0.3 is 27.6 Å². The lowest BCUT2D eigenvalue weighted by molar-refractivity contribution is -0.216. The van der Waals surface area contributed by atoms with Gasteiger partial charge in [0.1, 0.15) is 43.2 Å². The maximum Gasteiger partial charge on any atom is 0.472 e. The number of hydrogen-bond acceptors (Lipinski definition) is 15. The minimum absolute atomic E-state index is 0.0633. The maximum atomic E-state index is 13.0. The number of allylic oxidation sites excluding steroid dienone is 10. The molecular weight excluding hydrogens is 938 g/mol. The first-order chi connectivity index (χ1) is 32.9. The second-order valence-electron chi connectivity index (χ2n) is 16.8. The largest absolute Gasteiger partial charge is 0.472 e. The number of unbranched alkanes of at least 4 members (excludes halogenated alkanes) is 12. The summed E-state index contributed by atoms with van der Waals surface area (Å²) in [6.07, 6.45) is 26.0. The minimum atomic E-state index is -5.40. The Morgan fingerprint density at radius 3 is 1.75 bits per heavy atom. The van der Waals surface area contributed by atoms with Crippen molar-refractivity contribution >= 4 is 27.6 Å². The van der Waals surface area contributed by atoms with Gasteiger partial charge in [-0.05, 0) is 64.2 Å². The van der Waals surface area contributed by atoms with E-state index in [0.29, 0.717) is 25.7 Å². The second kappa shape index (κ2) is 38.7. The number of esters is 2. The van der Waals surface area contributed by atoms with Crippen LogP contribution in [0.2, 0.25) is 0 Å². The predicted octanol–water partition coefficient (Wildman–Crippen LogP) is 7.34. The van der Waals surface area contributed by atoms with Crippen LogP contribution in [-0.2, 0) is 41.8 Å². The van der Waals surface area contributed by atoms with Crippen LogP contribution in [0.25, 0.3) is 0 Å². The number of phosphoric acid groups is 2. The molecule has 0 bridgehead atoms. The fraction of sp³-hybridized carbons (Fsp3) is 0.673. The average molecular weight is 1020 g/mol. The summed E-state index contributed by atoms with van der Waals surface area (Å²) in [6.45, 7) is 2.74. The summed E-state index contributed by atoms with van der Waals surface area (Å²) >= 11 is 0. The first-order valence-corrected chi connectivity index (χ1v) is 27.4. The molecule has 10 atom stereocenters. The van der Waals surface area contributed by atoms with Gasteiger partial charge in [0.2, 0.25) is 0 Å². The van der Waals surface area contributed by atoms with E-state index in [0.717, 1.165) is 44.9 Å². The summed E-state index contributed by atoms with van der Waals surface area (Å²) in [7, 11) is -10.8. The number of carbonyl (C=O) groups excluding carboxylic acids is 2. The molecule has 69 heavy (non-hydrogen) atoms. The molecule has 5 unspecified atom stereocenters. The number of hydrogen-bond donors (Lipinski definition) is 9. The van der Waals surface area contributed by atoms with E-state index in [1.807, 2.05) is 37.3 Å².